The van der Waals surface area contributed by atoms with E-state index in [-0.39, 0.29) is 11.9 Å². The van der Waals surface area contributed by atoms with Crippen molar-refractivity contribution in [3.05, 3.63) is 28.2 Å². The van der Waals surface area contributed by atoms with Crippen molar-refractivity contribution in [1.82, 2.24) is 4.90 Å². The van der Waals surface area contributed by atoms with E-state index >= 15 is 0 Å². The lowest BCUT2D eigenvalue weighted by Gasteiger charge is -2.22. The van der Waals surface area contributed by atoms with Crippen LogP contribution in [0.2, 0.25) is 0 Å². The number of carbonyl (C=O) groups is 1. The molecule has 1 atom stereocenters. The second-order valence-electron chi connectivity index (χ2n) is 4.25. The number of rotatable bonds is 5. The molecule has 0 saturated heterocycles. The van der Waals surface area contributed by atoms with Crippen LogP contribution < -0.4 is 11.1 Å². The van der Waals surface area contributed by atoms with Crippen molar-refractivity contribution in [3.63, 3.8) is 0 Å². The van der Waals surface area contributed by atoms with E-state index in [1.165, 1.54) is 0 Å². The first-order chi connectivity index (χ1) is 8.88. The molecule has 0 heterocycles. The Balaban J connectivity index is 2.97. The summed E-state index contributed by atoms with van der Waals surface area (Å²) in [7, 11) is 1.77. The van der Waals surface area contributed by atoms with Gasteiger partial charge in [-0.1, -0.05) is 18.3 Å². The van der Waals surface area contributed by atoms with Crippen molar-refractivity contribution in [1.29, 1.82) is 0 Å². The van der Waals surface area contributed by atoms with Crippen molar-refractivity contribution in [3.8, 4) is 0 Å². The normalized spacial score (nSPS) is 11.8. The fourth-order valence-electron chi connectivity index (χ4n) is 1.68. The Morgan fingerprint density at radius 2 is 2.21 bits per heavy atom. The van der Waals surface area contributed by atoms with E-state index < -0.39 is 0 Å². The van der Waals surface area contributed by atoms with E-state index in [2.05, 4.69) is 21.2 Å². The van der Waals surface area contributed by atoms with Crippen LogP contribution in [0.1, 0.15) is 19.4 Å². The van der Waals surface area contributed by atoms with Crippen LogP contribution in [0.25, 0.3) is 0 Å². The average Bonchev–Trinajstić information content (AvgIpc) is 2.36. The van der Waals surface area contributed by atoms with Crippen LogP contribution in [0, 0.1) is 0 Å². The first-order valence-corrected chi connectivity index (χ1v) is 7.18. The number of nitrogens with zero attached hydrogens (tertiary/aromatic N) is 1. The third-order valence-electron chi connectivity index (χ3n) is 2.85. The lowest BCUT2D eigenvalue weighted by atomic mass is 10.1. The number of halogens is 1. The Morgan fingerprint density at radius 1 is 1.58 bits per heavy atom. The summed E-state index contributed by atoms with van der Waals surface area (Å²) in [6.07, 6.45) is 0. The van der Waals surface area contributed by atoms with Gasteiger partial charge in [-0.25, -0.2) is 0 Å². The number of hydrogen-bond acceptors (Lipinski definition) is 3. The summed E-state index contributed by atoms with van der Waals surface area (Å²) in [5.74, 6) is 0.0244. The van der Waals surface area contributed by atoms with Crippen molar-refractivity contribution < 1.29 is 4.79 Å². The molecule has 0 aliphatic rings. The fraction of sp³-hybridized carbons (Fsp3) is 0.385. The highest BCUT2D eigenvalue weighted by Gasteiger charge is 2.18. The second kappa shape index (κ2) is 6.86. The maximum atomic E-state index is 12.0. The highest BCUT2D eigenvalue weighted by atomic mass is 79.9. The predicted molar refractivity (Wildman–Crippen MR) is 86.4 cm³/mol. The van der Waals surface area contributed by atoms with Crippen LogP contribution >= 0.6 is 28.1 Å². The summed E-state index contributed by atoms with van der Waals surface area (Å²) in [6.45, 7) is 4.43. The van der Waals surface area contributed by atoms with Gasteiger partial charge in [-0.2, -0.15) is 0 Å². The van der Waals surface area contributed by atoms with Gasteiger partial charge in [0.25, 0.3) is 0 Å². The summed E-state index contributed by atoms with van der Waals surface area (Å²) in [5, 5.41) is 3.16. The molecule has 0 aliphatic heterocycles. The largest absolute Gasteiger partial charge is 0.389 e. The Kier molecular flexibility index (Phi) is 5.75. The minimum absolute atomic E-state index is 0.0244. The van der Waals surface area contributed by atoms with Crippen LogP contribution in [0.15, 0.2) is 22.7 Å². The van der Waals surface area contributed by atoms with Gasteiger partial charge in [-0.05, 0) is 41.9 Å². The van der Waals surface area contributed by atoms with Gasteiger partial charge in [-0.15, -0.1) is 0 Å². The molecule has 0 aromatic heterocycles. The number of benzene rings is 1. The monoisotopic (exact) mass is 343 g/mol. The van der Waals surface area contributed by atoms with E-state index in [0.717, 1.165) is 15.7 Å². The summed E-state index contributed by atoms with van der Waals surface area (Å²) in [5.41, 5.74) is 7.19. The van der Waals surface area contributed by atoms with E-state index in [9.17, 15) is 4.79 Å². The summed E-state index contributed by atoms with van der Waals surface area (Å²) in [6, 6.07) is 5.25. The van der Waals surface area contributed by atoms with Crippen LogP contribution in [0.5, 0.6) is 0 Å². The number of likely N-dealkylation sites (N-methyl/N-ethyl adjacent to an activating group) is 1. The first kappa shape index (κ1) is 15.9. The Labute approximate surface area is 127 Å². The maximum absolute atomic E-state index is 12.0. The SMILES string of the molecule is CCN(C)C(=O)C(C)Nc1cccc(Br)c1C(N)=S. The van der Waals surface area contributed by atoms with Crippen molar-refractivity contribution in [2.24, 2.45) is 5.73 Å². The molecular formula is C13H18BrN3OS. The van der Waals surface area contributed by atoms with Gasteiger partial charge < -0.3 is 16.0 Å². The Bertz CT molecular complexity index is 493. The molecule has 0 bridgehead atoms. The lowest BCUT2D eigenvalue weighted by molar-refractivity contribution is -0.130. The molecule has 4 nitrogen and oxygen atoms in total. The molecule has 1 unspecified atom stereocenters. The molecule has 0 saturated carbocycles. The number of amides is 1. The van der Waals surface area contributed by atoms with Gasteiger partial charge in [0, 0.05) is 29.3 Å². The van der Waals surface area contributed by atoms with Gasteiger partial charge >= 0.3 is 0 Å². The number of thiocarbonyl (C=S) groups is 1. The minimum atomic E-state index is -0.340. The molecule has 1 aromatic rings. The molecule has 1 aromatic carbocycles. The highest BCUT2D eigenvalue weighted by Crippen LogP contribution is 2.25. The highest BCUT2D eigenvalue weighted by molar-refractivity contribution is 9.10. The van der Waals surface area contributed by atoms with Gasteiger partial charge in [0.2, 0.25) is 5.91 Å². The zero-order chi connectivity index (χ0) is 14.6. The third kappa shape index (κ3) is 3.91. The molecule has 19 heavy (non-hydrogen) atoms. The van der Waals surface area contributed by atoms with Gasteiger partial charge in [0.05, 0.1) is 0 Å². The summed E-state index contributed by atoms with van der Waals surface area (Å²) < 4.78 is 0.813. The molecule has 104 valence electrons. The van der Waals surface area contributed by atoms with Crippen molar-refractivity contribution in [2.45, 2.75) is 19.9 Å². The second-order valence-corrected chi connectivity index (χ2v) is 5.54. The maximum Gasteiger partial charge on any atom is 0.244 e. The minimum Gasteiger partial charge on any atom is -0.389 e. The van der Waals surface area contributed by atoms with E-state index in [1.54, 1.807) is 11.9 Å². The number of carbonyl (C=O) groups excluding carboxylic acids is 1. The quantitative estimate of drug-likeness (QED) is 0.805. The molecule has 3 N–H and O–H groups in total. The molecular weight excluding hydrogens is 326 g/mol. The first-order valence-electron chi connectivity index (χ1n) is 5.98. The number of hydrogen-bond donors (Lipinski definition) is 2. The van der Waals surface area contributed by atoms with Crippen LogP contribution in [-0.4, -0.2) is 35.4 Å². The van der Waals surface area contributed by atoms with E-state index in [0.29, 0.717) is 11.5 Å². The third-order valence-corrected chi connectivity index (χ3v) is 3.72. The van der Waals surface area contributed by atoms with E-state index in [4.69, 9.17) is 18.0 Å². The molecule has 0 radical (unpaired) electrons. The van der Waals surface area contributed by atoms with Crippen LogP contribution in [0.4, 0.5) is 5.69 Å². The number of nitrogens with one attached hydrogen (secondary N) is 1. The average molecular weight is 344 g/mol. The molecule has 0 fully saturated rings. The van der Waals surface area contributed by atoms with Gasteiger partial charge in [0.1, 0.15) is 11.0 Å². The van der Waals surface area contributed by atoms with Crippen molar-refractivity contribution >= 4 is 44.7 Å². The molecule has 6 heteroatoms. The predicted octanol–water partition coefficient (Wildman–Crippen LogP) is 2.36. The van der Waals surface area contributed by atoms with E-state index in [1.807, 2.05) is 32.0 Å². The Morgan fingerprint density at radius 3 is 2.74 bits per heavy atom. The van der Waals surface area contributed by atoms with Crippen LogP contribution in [0.3, 0.4) is 0 Å². The fourth-order valence-corrected chi connectivity index (χ4v) is 2.61. The Hall–Kier alpha value is -1.14. The topological polar surface area (TPSA) is 58.4 Å². The molecule has 0 spiro atoms. The number of nitrogens with two attached hydrogens (primary N) is 1. The zero-order valence-electron chi connectivity index (χ0n) is 11.2. The molecule has 0 aliphatic carbocycles. The summed E-state index contributed by atoms with van der Waals surface area (Å²) in [4.78, 5) is 14.0. The summed E-state index contributed by atoms with van der Waals surface area (Å²) >= 11 is 8.46. The lowest BCUT2D eigenvalue weighted by Crippen LogP contribution is -2.39. The van der Waals surface area contributed by atoms with Crippen molar-refractivity contribution in [2.75, 3.05) is 18.9 Å². The number of anilines is 1. The zero-order valence-corrected chi connectivity index (χ0v) is 13.6. The molecule has 1 rings (SSSR count). The standard InChI is InChI=1S/C13H18BrN3OS/c1-4-17(3)13(18)8(2)16-10-7-5-6-9(14)11(10)12(15)19/h5-8,16H,4H2,1-3H3,(H2,15,19). The van der Waals surface area contributed by atoms with Gasteiger partial charge in [-0.3, -0.25) is 4.79 Å². The van der Waals surface area contributed by atoms with Gasteiger partial charge in [0.15, 0.2) is 0 Å². The molecule has 1 amide bonds. The smallest absolute Gasteiger partial charge is 0.244 e. The van der Waals surface area contributed by atoms with Crippen LogP contribution in [-0.2, 0) is 4.79 Å².